The number of benzene rings is 1. The maximum Gasteiger partial charge on any atom is 0.275 e. The number of rotatable bonds is 5. The van der Waals surface area contributed by atoms with Gasteiger partial charge < -0.3 is 10.2 Å². The van der Waals surface area contributed by atoms with Gasteiger partial charge in [0.25, 0.3) is 5.56 Å². The average Bonchev–Trinajstić information content (AvgIpc) is 2.77. The molecular weight excluding hydrogens is 308 g/mol. The molecule has 0 aliphatic rings. The number of carbonyl (C=O) groups excluding carboxylic acids is 2. The molecule has 1 heterocycles. The van der Waals surface area contributed by atoms with Crippen molar-refractivity contribution < 1.29 is 9.59 Å². The molecule has 1 aromatic carbocycles. The first-order valence-corrected chi connectivity index (χ1v) is 7.62. The highest BCUT2D eigenvalue weighted by Gasteiger charge is 2.19. The normalized spacial score (nSPS) is 10.5. The van der Waals surface area contributed by atoms with Crippen LogP contribution in [-0.4, -0.2) is 46.7 Å². The first-order valence-electron chi connectivity index (χ1n) is 7.62. The Morgan fingerprint density at radius 2 is 1.79 bits per heavy atom. The van der Waals surface area contributed by atoms with Gasteiger partial charge in [-0.2, -0.15) is 0 Å². The molecule has 1 aromatic heterocycles. The number of hydrogen-bond donors (Lipinski definition) is 1. The van der Waals surface area contributed by atoms with Crippen LogP contribution in [0.3, 0.4) is 0 Å². The molecule has 0 unspecified atom stereocenters. The Balaban J connectivity index is 2.22. The quantitative estimate of drug-likeness (QED) is 0.853. The van der Waals surface area contributed by atoms with Crippen molar-refractivity contribution in [3.05, 3.63) is 51.9 Å². The number of nitrogens with one attached hydrogen (secondary N) is 1. The highest BCUT2D eigenvalue weighted by Crippen LogP contribution is 2.10. The molecule has 7 heteroatoms. The van der Waals surface area contributed by atoms with Gasteiger partial charge in [-0.05, 0) is 19.1 Å². The van der Waals surface area contributed by atoms with Crippen LogP contribution >= 0.6 is 0 Å². The molecule has 0 saturated heterocycles. The summed E-state index contributed by atoms with van der Waals surface area (Å²) in [5.74, 6) is -0.550. The molecule has 0 atom stereocenters. The SMILES string of the molecule is Cc1c(CC(=O)NCC(=O)N(C)C)c(=O)n(-c2ccccc2)n1C. The van der Waals surface area contributed by atoms with Crippen LogP contribution < -0.4 is 10.9 Å². The third-order valence-corrected chi connectivity index (χ3v) is 3.95. The zero-order valence-electron chi connectivity index (χ0n) is 14.4. The van der Waals surface area contributed by atoms with Crippen LogP contribution in [-0.2, 0) is 23.1 Å². The lowest BCUT2D eigenvalue weighted by molar-refractivity contribution is -0.130. The van der Waals surface area contributed by atoms with E-state index >= 15 is 0 Å². The van der Waals surface area contributed by atoms with Crippen molar-refractivity contribution >= 4 is 11.8 Å². The predicted octanol–water partition coefficient (Wildman–Crippen LogP) is 0.231. The molecule has 0 aliphatic carbocycles. The highest BCUT2D eigenvalue weighted by atomic mass is 16.2. The molecule has 2 amide bonds. The van der Waals surface area contributed by atoms with Crippen LogP contribution in [0.15, 0.2) is 35.1 Å². The summed E-state index contributed by atoms with van der Waals surface area (Å²) in [6.45, 7) is 1.72. The highest BCUT2D eigenvalue weighted by molar-refractivity contribution is 5.85. The Morgan fingerprint density at radius 3 is 2.38 bits per heavy atom. The standard InChI is InChI=1S/C17H22N4O3/c1-12-14(10-15(22)18-11-16(23)19(2)3)17(24)21(20(12)4)13-8-6-5-7-9-13/h5-9H,10-11H2,1-4H3,(H,18,22). The Kier molecular flexibility index (Phi) is 5.23. The predicted molar refractivity (Wildman–Crippen MR) is 91.2 cm³/mol. The van der Waals surface area contributed by atoms with Gasteiger partial charge in [-0.15, -0.1) is 0 Å². The summed E-state index contributed by atoms with van der Waals surface area (Å²) in [6.07, 6.45) is -0.0565. The van der Waals surface area contributed by atoms with E-state index in [9.17, 15) is 14.4 Å². The van der Waals surface area contributed by atoms with Crippen molar-refractivity contribution in [2.24, 2.45) is 7.05 Å². The minimum absolute atomic E-state index is 0.0565. The number of amides is 2. The Labute approximate surface area is 140 Å². The number of nitrogens with zero attached hydrogens (tertiary/aromatic N) is 3. The lowest BCUT2D eigenvalue weighted by atomic mass is 10.2. The summed E-state index contributed by atoms with van der Waals surface area (Å²) in [6, 6.07) is 9.24. The monoisotopic (exact) mass is 330 g/mol. The molecule has 1 N–H and O–H groups in total. The van der Waals surface area contributed by atoms with Gasteiger partial charge in [0.1, 0.15) is 0 Å². The molecule has 128 valence electrons. The van der Waals surface area contributed by atoms with E-state index in [1.807, 2.05) is 30.3 Å². The Morgan fingerprint density at radius 1 is 1.17 bits per heavy atom. The Bertz CT molecular complexity index is 803. The van der Waals surface area contributed by atoms with Crippen LogP contribution in [0.4, 0.5) is 0 Å². The fourth-order valence-electron chi connectivity index (χ4n) is 2.38. The van der Waals surface area contributed by atoms with E-state index in [1.54, 1.807) is 32.7 Å². The van der Waals surface area contributed by atoms with Gasteiger partial charge in [-0.3, -0.25) is 19.1 Å². The van der Waals surface area contributed by atoms with Crippen LogP contribution in [0, 0.1) is 6.92 Å². The first-order chi connectivity index (χ1) is 11.3. The molecule has 7 nitrogen and oxygen atoms in total. The topological polar surface area (TPSA) is 76.3 Å². The second kappa shape index (κ2) is 7.16. The van der Waals surface area contributed by atoms with Crippen LogP contribution in [0.5, 0.6) is 0 Å². The van der Waals surface area contributed by atoms with Gasteiger partial charge in [0.05, 0.1) is 18.7 Å². The van der Waals surface area contributed by atoms with Gasteiger partial charge in [0.2, 0.25) is 11.8 Å². The van der Waals surface area contributed by atoms with Gasteiger partial charge >= 0.3 is 0 Å². The van der Waals surface area contributed by atoms with Gasteiger partial charge in [0.15, 0.2) is 0 Å². The maximum atomic E-state index is 12.7. The fraction of sp³-hybridized carbons (Fsp3) is 0.353. The van der Waals surface area contributed by atoms with Crippen molar-refractivity contribution in [2.75, 3.05) is 20.6 Å². The average molecular weight is 330 g/mol. The fourth-order valence-corrected chi connectivity index (χ4v) is 2.38. The molecule has 0 spiro atoms. The molecular formula is C17H22N4O3. The lowest BCUT2D eigenvalue weighted by Crippen LogP contribution is -2.37. The summed E-state index contributed by atoms with van der Waals surface area (Å²) in [5.41, 5.74) is 1.66. The van der Waals surface area contributed by atoms with E-state index in [0.29, 0.717) is 5.56 Å². The van der Waals surface area contributed by atoms with Crippen LogP contribution in [0.25, 0.3) is 5.69 Å². The van der Waals surface area contributed by atoms with Gasteiger partial charge in [-0.1, -0.05) is 18.2 Å². The van der Waals surface area contributed by atoms with Gasteiger partial charge in [0, 0.05) is 32.4 Å². The number of likely N-dealkylation sites (N-methyl/N-ethyl adjacent to an activating group) is 1. The summed E-state index contributed by atoms with van der Waals surface area (Å²) in [7, 11) is 5.02. The minimum Gasteiger partial charge on any atom is -0.347 e. The van der Waals surface area contributed by atoms with Gasteiger partial charge in [-0.25, -0.2) is 4.68 Å². The van der Waals surface area contributed by atoms with Crippen LogP contribution in [0.1, 0.15) is 11.3 Å². The van der Waals surface area contributed by atoms with E-state index < -0.39 is 0 Å². The minimum atomic E-state index is -0.351. The largest absolute Gasteiger partial charge is 0.347 e. The lowest BCUT2D eigenvalue weighted by Gasteiger charge is -2.10. The summed E-state index contributed by atoms with van der Waals surface area (Å²) in [5, 5.41) is 2.55. The zero-order valence-corrected chi connectivity index (χ0v) is 14.4. The zero-order chi connectivity index (χ0) is 17.9. The number of para-hydroxylation sites is 1. The maximum absolute atomic E-state index is 12.7. The van der Waals surface area contributed by atoms with Crippen molar-refractivity contribution in [1.82, 2.24) is 19.6 Å². The van der Waals surface area contributed by atoms with Crippen molar-refractivity contribution in [3.8, 4) is 5.69 Å². The summed E-state index contributed by atoms with van der Waals surface area (Å²) < 4.78 is 3.26. The molecule has 24 heavy (non-hydrogen) atoms. The third kappa shape index (κ3) is 3.56. The second-order valence-corrected chi connectivity index (χ2v) is 5.78. The number of hydrogen-bond acceptors (Lipinski definition) is 3. The molecule has 2 aromatic rings. The summed E-state index contributed by atoms with van der Waals surface area (Å²) in [4.78, 5) is 37.7. The van der Waals surface area contributed by atoms with Crippen LogP contribution in [0.2, 0.25) is 0 Å². The molecule has 2 rings (SSSR count). The van der Waals surface area contributed by atoms with Crippen molar-refractivity contribution in [3.63, 3.8) is 0 Å². The first kappa shape index (κ1) is 17.5. The molecule has 0 fully saturated rings. The molecule has 0 bridgehead atoms. The van der Waals surface area contributed by atoms with Crippen molar-refractivity contribution in [1.29, 1.82) is 0 Å². The third-order valence-electron chi connectivity index (χ3n) is 3.95. The van der Waals surface area contributed by atoms with E-state index in [2.05, 4.69) is 5.32 Å². The number of aromatic nitrogens is 2. The Hall–Kier alpha value is -2.83. The molecule has 0 saturated carbocycles. The van der Waals surface area contributed by atoms with Crippen molar-refractivity contribution in [2.45, 2.75) is 13.3 Å². The van der Waals surface area contributed by atoms with E-state index in [1.165, 1.54) is 9.58 Å². The molecule has 0 radical (unpaired) electrons. The smallest absolute Gasteiger partial charge is 0.275 e. The van der Waals surface area contributed by atoms with E-state index in [-0.39, 0.29) is 30.3 Å². The van der Waals surface area contributed by atoms with E-state index in [0.717, 1.165) is 11.4 Å². The molecule has 0 aliphatic heterocycles. The number of carbonyl (C=O) groups is 2. The summed E-state index contributed by atoms with van der Waals surface area (Å²) >= 11 is 0. The van der Waals surface area contributed by atoms with E-state index in [4.69, 9.17) is 0 Å². The second-order valence-electron chi connectivity index (χ2n) is 5.78.